The SMILES string of the molecule is O=C1O[C@@H]2[C@@H](O)[C@H](OC[C@H]3O[C@@H](OC[C@H]4O[C@@H](OC[C@H]5OC=C[C@@H](OCc6ccccc6)[C@@H]5OCc5ccccc5)[C@H](O)[C@H]5OC(=O)O[C@H]54)[C@H](O)[C@H]4OC(=O)O[C@H]43)O[C@H](CO)[C@@H]2O1. The third-order valence-electron chi connectivity index (χ3n) is 11.5. The largest absolute Gasteiger partial charge is 0.509 e. The van der Waals surface area contributed by atoms with Gasteiger partial charge in [0.25, 0.3) is 0 Å². The molecule has 0 amide bonds. The fourth-order valence-electron chi connectivity index (χ4n) is 8.30. The van der Waals surface area contributed by atoms with E-state index < -0.39 is 149 Å². The Labute approximate surface area is 358 Å². The summed E-state index contributed by atoms with van der Waals surface area (Å²) in [5.74, 6) is 0. The summed E-state index contributed by atoms with van der Waals surface area (Å²) in [7, 11) is 0. The molecule has 22 heteroatoms. The van der Waals surface area contributed by atoms with Gasteiger partial charge >= 0.3 is 18.5 Å². The van der Waals surface area contributed by atoms with Crippen molar-refractivity contribution in [2.45, 2.75) is 124 Å². The maximum Gasteiger partial charge on any atom is 0.509 e. The van der Waals surface area contributed by atoms with Crippen LogP contribution in [0.5, 0.6) is 0 Å². The molecule has 6 saturated heterocycles. The zero-order valence-electron chi connectivity index (χ0n) is 33.2. The first-order chi connectivity index (χ1) is 30.6. The fraction of sp³-hybridized carbons (Fsp3) is 0.585. The summed E-state index contributed by atoms with van der Waals surface area (Å²) in [5.41, 5.74) is 1.87. The summed E-state index contributed by atoms with van der Waals surface area (Å²) in [6.07, 6.45) is -21.9. The van der Waals surface area contributed by atoms with Crippen molar-refractivity contribution in [3.63, 3.8) is 0 Å². The highest BCUT2D eigenvalue weighted by Gasteiger charge is 2.59. The van der Waals surface area contributed by atoms with Crippen LogP contribution in [0.25, 0.3) is 0 Å². The zero-order chi connectivity index (χ0) is 43.6. The van der Waals surface area contributed by atoms with Crippen LogP contribution < -0.4 is 0 Å². The standard InChI is InChI=1S/C41H46O22/c42-13-22-30-33(61-39(46)58-30)26(43)36(55-22)53-17-24-31-35(63-41(48)59-31)28(45)38(57-24)54-18-25-32-34(62-40(47)60-32)27(44)37(56-25)52-16-23-29(51-15-20-9-5-2-6-10-20)21(11-12-49-23)50-14-19-7-3-1-4-8-19/h1-12,21-38,42-45H,13-18H2/t21-,22-,23-,24-,25-,26-,27-,28-,29+,30+,31+,32+,33-,34-,35-,36-,37-,38-/m1/s1. The molecular weight excluding hydrogens is 844 g/mol. The maximum absolute atomic E-state index is 12.4. The molecule has 7 aliphatic heterocycles. The summed E-state index contributed by atoms with van der Waals surface area (Å²) in [5, 5.41) is 43.2. The molecule has 18 atom stereocenters. The van der Waals surface area contributed by atoms with Gasteiger partial charge in [-0.15, -0.1) is 0 Å². The number of carbonyl (C=O) groups excluding carboxylic acids is 3. The number of aliphatic hydroxyl groups excluding tert-OH is 4. The second-order valence-electron chi connectivity index (χ2n) is 15.6. The molecule has 2 aromatic rings. The molecular formula is C41H46O22. The second-order valence-corrected chi connectivity index (χ2v) is 15.6. The summed E-state index contributed by atoms with van der Waals surface area (Å²) >= 11 is 0. The van der Waals surface area contributed by atoms with E-state index in [4.69, 9.17) is 71.1 Å². The van der Waals surface area contributed by atoms with Crippen LogP contribution in [0.15, 0.2) is 73.0 Å². The quantitative estimate of drug-likeness (QED) is 0.128. The van der Waals surface area contributed by atoms with Crippen molar-refractivity contribution < 1.29 is 106 Å². The summed E-state index contributed by atoms with van der Waals surface area (Å²) in [6, 6.07) is 19.1. The first-order valence-electron chi connectivity index (χ1n) is 20.3. The van der Waals surface area contributed by atoms with Crippen LogP contribution in [0.3, 0.4) is 0 Å². The van der Waals surface area contributed by atoms with E-state index in [2.05, 4.69) is 0 Å². The summed E-state index contributed by atoms with van der Waals surface area (Å²) in [4.78, 5) is 36.4. The molecule has 0 spiro atoms. The predicted molar refractivity (Wildman–Crippen MR) is 198 cm³/mol. The Balaban J connectivity index is 0.850. The molecule has 4 N–H and O–H groups in total. The molecule has 7 heterocycles. The van der Waals surface area contributed by atoms with Crippen molar-refractivity contribution in [3.8, 4) is 0 Å². The molecule has 0 aliphatic carbocycles. The molecule has 0 bridgehead atoms. The van der Waals surface area contributed by atoms with Crippen LogP contribution in [0, 0.1) is 0 Å². The van der Waals surface area contributed by atoms with Gasteiger partial charge < -0.3 is 91.5 Å². The number of ether oxygens (including phenoxy) is 15. The van der Waals surface area contributed by atoms with Crippen LogP contribution in [0.1, 0.15) is 11.1 Å². The highest BCUT2D eigenvalue weighted by Crippen LogP contribution is 2.37. The van der Waals surface area contributed by atoms with Crippen molar-refractivity contribution in [2.75, 3.05) is 26.4 Å². The van der Waals surface area contributed by atoms with Crippen molar-refractivity contribution in [1.29, 1.82) is 0 Å². The van der Waals surface area contributed by atoms with E-state index in [1.54, 1.807) is 6.08 Å². The van der Waals surface area contributed by atoms with Crippen LogP contribution in [-0.4, -0.2) is 176 Å². The van der Waals surface area contributed by atoms with Crippen molar-refractivity contribution >= 4 is 18.5 Å². The van der Waals surface area contributed by atoms with Gasteiger partial charge in [-0.25, -0.2) is 14.4 Å². The number of hydrogen-bond donors (Lipinski definition) is 4. The van der Waals surface area contributed by atoms with Gasteiger partial charge in [-0.2, -0.15) is 0 Å². The Morgan fingerprint density at radius 1 is 0.476 bits per heavy atom. The molecule has 0 aromatic heterocycles. The Bertz CT molecular complexity index is 1900. The molecule has 22 nitrogen and oxygen atoms in total. The van der Waals surface area contributed by atoms with Gasteiger partial charge in [0.15, 0.2) is 61.6 Å². The average molecular weight is 891 g/mol. The van der Waals surface area contributed by atoms with E-state index in [9.17, 15) is 34.8 Å². The Morgan fingerprint density at radius 2 is 0.873 bits per heavy atom. The minimum Gasteiger partial charge on any atom is -0.493 e. The maximum atomic E-state index is 12.4. The fourth-order valence-corrected chi connectivity index (χ4v) is 8.30. The number of benzene rings is 2. The zero-order valence-corrected chi connectivity index (χ0v) is 33.2. The van der Waals surface area contributed by atoms with E-state index >= 15 is 0 Å². The minimum absolute atomic E-state index is 0.188. The van der Waals surface area contributed by atoms with Gasteiger partial charge in [0, 0.05) is 0 Å². The molecule has 342 valence electrons. The third kappa shape index (κ3) is 9.44. The first kappa shape index (κ1) is 43.6. The number of carbonyl (C=O) groups is 3. The smallest absolute Gasteiger partial charge is 0.493 e. The Hall–Kier alpha value is -4.69. The lowest BCUT2D eigenvalue weighted by molar-refractivity contribution is -0.328. The van der Waals surface area contributed by atoms with Crippen LogP contribution >= 0.6 is 0 Å². The van der Waals surface area contributed by atoms with Crippen molar-refractivity contribution in [3.05, 3.63) is 84.1 Å². The van der Waals surface area contributed by atoms with Gasteiger partial charge in [0.05, 0.1) is 45.9 Å². The van der Waals surface area contributed by atoms with Gasteiger partial charge in [-0.05, 0) is 17.2 Å². The lowest BCUT2D eigenvalue weighted by atomic mass is 9.98. The van der Waals surface area contributed by atoms with E-state index in [0.717, 1.165) is 11.1 Å². The Morgan fingerprint density at radius 3 is 1.33 bits per heavy atom. The molecule has 7 aliphatic rings. The molecule has 6 fully saturated rings. The van der Waals surface area contributed by atoms with Gasteiger partial charge in [-0.3, -0.25) is 0 Å². The van der Waals surface area contributed by atoms with Gasteiger partial charge in [0.2, 0.25) is 0 Å². The molecule has 2 aromatic carbocycles. The summed E-state index contributed by atoms with van der Waals surface area (Å²) in [6.45, 7) is -1.18. The van der Waals surface area contributed by atoms with Gasteiger partial charge in [0.1, 0.15) is 48.8 Å². The van der Waals surface area contributed by atoms with Crippen LogP contribution in [0.2, 0.25) is 0 Å². The first-order valence-corrected chi connectivity index (χ1v) is 20.3. The lowest BCUT2D eigenvalue weighted by Crippen LogP contribution is -2.61. The number of fused-ring (bicyclic) bond motifs is 3. The van der Waals surface area contributed by atoms with E-state index in [1.807, 2.05) is 60.7 Å². The molecule has 9 rings (SSSR count). The van der Waals surface area contributed by atoms with E-state index in [0.29, 0.717) is 0 Å². The van der Waals surface area contributed by atoms with Gasteiger partial charge in [-0.1, -0.05) is 60.7 Å². The molecule has 63 heavy (non-hydrogen) atoms. The van der Waals surface area contributed by atoms with Crippen LogP contribution in [-0.2, 0) is 84.3 Å². The average Bonchev–Trinajstić information content (AvgIpc) is 4.02. The topological polar surface area (TPSA) is 271 Å². The number of aliphatic hydroxyl groups is 4. The van der Waals surface area contributed by atoms with Crippen LogP contribution in [0.4, 0.5) is 14.4 Å². The monoisotopic (exact) mass is 890 g/mol. The second kappa shape index (κ2) is 19.2. The van der Waals surface area contributed by atoms with E-state index in [-0.39, 0.29) is 19.8 Å². The Kier molecular flexibility index (Phi) is 13.3. The van der Waals surface area contributed by atoms with Crippen molar-refractivity contribution in [1.82, 2.24) is 0 Å². The number of hydrogen-bond acceptors (Lipinski definition) is 22. The minimum atomic E-state index is -1.62. The third-order valence-corrected chi connectivity index (χ3v) is 11.5. The number of rotatable bonds is 16. The molecule has 0 unspecified atom stereocenters. The summed E-state index contributed by atoms with van der Waals surface area (Å²) < 4.78 is 85.4. The lowest BCUT2D eigenvalue weighted by Gasteiger charge is -2.42. The highest BCUT2D eigenvalue weighted by molar-refractivity contribution is 5.64. The van der Waals surface area contributed by atoms with E-state index in [1.165, 1.54) is 6.26 Å². The normalized spacial score (nSPS) is 40.2. The molecule has 0 saturated carbocycles. The van der Waals surface area contributed by atoms with Crippen molar-refractivity contribution in [2.24, 2.45) is 0 Å². The predicted octanol–water partition coefficient (Wildman–Crippen LogP) is 0.0812. The highest BCUT2D eigenvalue weighted by atomic mass is 16.8. The molecule has 0 radical (unpaired) electrons.